The van der Waals surface area contributed by atoms with Gasteiger partial charge in [0, 0.05) is 23.6 Å². The van der Waals surface area contributed by atoms with Crippen LogP contribution < -0.4 is 5.32 Å². The topological polar surface area (TPSA) is 49.4 Å². The number of piperidine rings is 1. The van der Waals surface area contributed by atoms with E-state index in [1.807, 2.05) is 31.3 Å². The van der Waals surface area contributed by atoms with Crippen LogP contribution in [-0.2, 0) is 15.8 Å². The summed E-state index contributed by atoms with van der Waals surface area (Å²) >= 11 is 3.35. The number of nitrogens with zero attached hydrogens (tertiary/aromatic N) is 1. The molecule has 0 aliphatic carbocycles. The third-order valence-electron chi connectivity index (χ3n) is 3.45. The molecule has 1 atom stereocenters. The predicted octanol–water partition coefficient (Wildman–Crippen LogP) is 2.38. The maximum absolute atomic E-state index is 12.4. The van der Waals surface area contributed by atoms with Crippen molar-refractivity contribution in [2.75, 3.05) is 20.1 Å². The molecule has 0 spiro atoms. The SMILES string of the molecule is CNC1CCCN(S(=O)(=O)Cc2ccc(Br)cc2)C1.Cl. The van der Waals surface area contributed by atoms with Crippen LogP contribution in [0.1, 0.15) is 18.4 Å². The number of benzene rings is 1. The van der Waals surface area contributed by atoms with Gasteiger partial charge in [-0.25, -0.2) is 12.7 Å². The lowest BCUT2D eigenvalue weighted by atomic mass is 10.1. The molecule has 4 nitrogen and oxygen atoms in total. The van der Waals surface area contributed by atoms with Crippen molar-refractivity contribution in [1.29, 1.82) is 0 Å². The van der Waals surface area contributed by atoms with E-state index in [2.05, 4.69) is 21.2 Å². The van der Waals surface area contributed by atoms with Crippen molar-refractivity contribution in [1.82, 2.24) is 9.62 Å². The molecule has 1 aliphatic rings. The van der Waals surface area contributed by atoms with Gasteiger partial charge in [0.2, 0.25) is 10.0 Å². The van der Waals surface area contributed by atoms with E-state index in [9.17, 15) is 8.42 Å². The second-order valence-corrected chi connectivity index (χ2v) is 7.75. The lowest BCUT2D eigenvalue weighted by Crippen LogP contribution is -2.47. The van der Waals surface area contributed by atoms with Gasteiger partial charge >= 0.3 is 0 Å². The van der Waals surface area contributed by atoms with Gasteiger partial charge in [-0.05, 0) is 37.6 Å². The molecule has 1 fully saturated rings. The van der Waals surface area contributed by atoms with Crippen LogP contribution in [0.4, 0.5) is 0 Å². The van der Waals surface area contributed by atoms with Crippen molar-refractivity contribution < 1.29 is 8.42 Å². The van der Waals surface area contributed by atoms with Gasteiger partial charge < -0.3 is 5.32 Å². The maximum Gasteiger partial charge on any atom is 0.218 e. The largest absolute Gasteiger partial charge is 0.316 e. The van der Waals surface area contributed by atoms with E-state index in [1.165, 1.54) is 0 Å². The molecule has 0 amide bonds. The van der Waals surface area contributed by atoms with Gasteiger partial charge in [-0.2, -0.15) is 0 Å². The van der Waals surface area contributed by atoms with Crippen LogP contribution >= 0.6 is 28.3 Å². The van der Waals surface area contributed by atoms with E-state index < -0.39 is 10.0 Å². The van der Waals surface area contributed by atoms with Crippen molar-refractivity contribution in [3.63, 3.8) is 0 Å². The van der Waals surface area contributed by atoms with Crippen molar-refractivity contribution in [2.24, 2.45) is 0 Å². The fraction of sp³-hybridized carbons (Fsp3) is 0.538. The normalized spacial score (nSPS) is 20.4. The van der Waals surface area contributed by atoms with Gasteiger partial charge in [0.1, 0.15) is 0 Å². The minimum atomic E-state index is -3.21. The number of halogens is 2. The number of hydrogen-bond acceptors (Lipinski definition) is 3. The molecule has 1 aromatic rings. The lowest BCUT2D eigenvalue weighted by Gasteiger charge is -2.31. The zero-order valence-corrected chi connectivity index (χ0v) is 14.6. The van der Waals surface area contributed by atoms with Crippen molar-refractivity contribution >= 4 is 38.4 Å². The third kappa shape index (κ3) is 4.70. The second-order valence-electron chi connectivity index (χ2n) is 4.87. The molecular weight excluding hydrogens is 364 g/mol. The van der Waals surface area contributed by atoms with Crippen molar-refractivity contribution in [2.45, 2.75) is 24.6 Å². The fourth-order valence-electron chi connectivity index (χ4n) is 2.31. The molecule has 0 aromatic heterocycles. The lowest BCUT2D eigenvalue weighted by molar-refractivity contribution is 0.292. The number of rotatable bonds is 4. The minimum absolute atomic E-state index is 0. The number of likely N-dealkylation sites (N-methyl/N-ethyl adjacent to an activating group) is 1. The van der Waals surface area contributed by atoms with Crippen LogP contribution in [0.5, 0.6) is 0 Å². The Morgan fingerprint density at radius 3 is 2.60 bits per heavy atom. The van der Waals surface area contributed by atoms with Gasteiger partial charge in [0.05, 0.1) is 5.75 Å². The molecule has 1 unspecified atom stereocenters. The smallest absolute Gasteiger partial charge is 0.218 e. The molecule has 1 saturated heterocycles. The summed E-state index contributed by atoms with van der Waals surface area (Å²) < 4.78 is 27.3. The van der Waals surface area contributed by atoms with Gasteiger partial charge in [-0.15, -0.1) is 12.4 Å². The monoisotopic (exact) mass is 382 g/mol. The van der Waals surface area contributed by atoms with Crippen LogP contribution in [0.15, 0.2) is 28.7 Å². The summed E-state index contributed by atoms with van der Waals surface area (Å²) in [5.74, 6) is 0.0801. The molecule has 1 N–H and O–H groups in total. The number of nitrogens with one attached hydrogen (secondary N) is 1. The van der Waals surface area contributed by atoms with Crippen LogP contribution in [-0.4, -0.2) is 38.9 Å². The Hall–Kier alpha value is -0.140. The summed E-state index contributed by atoms with van der Waals surface area (Å²) in [6.07, 6.45) is 1.96. The minimum Gasteiger partial charge on any atom is -0.316 e. The summed E-state index contributed by atoms with van der Waals surface area (Å²) in [6.45, 7) is 1.21. The van der Waals surface area contributed by atoms with E-state index >= 15 is 0 Å². The van der Waals surface area contributed by atoms with E-state index in [-0.39, 0.29) is 24.2 Å². The molecule has 1 heterocycles. The van der Waals surface area contributed by atoms with Gasteiger partial charge in [0.25, 0.3) is 0 Å². The van der Waals surface area contributed by atoms with Crippen LogP contribution in [0.25, 0.3) is 0 Å². The fourth-order valence-corrected chi connectivity index (χ4v) is 4.19. The summed E-state index contributed by atoms with van der Waals surface area (Å²) in [7, 11) is -1.33. The maximum atomic E-state index is 12.4. The Bertz CT molecular complexity index is 522. The standard InChI is InChI=1S/C13H19BrN2O2S.ClH/c1-15-13-3-2-8-16(9-13)19(17,18)10-11-4-6-12(14)7-5-11;/h4-7,13,15H,2-3,8-10H2,1H3;1H. The summed E-state index contributed by atoms with van der Waals surface area (Å²) in [6, 6.07) is 7.71. The average molecular weight is 384 g/mol. The molecular formula is C13H20BrClN2O2S. The van der Waals surface area contributed by atoms with Gasteiger partial charge in [-0.1, -0.05) is 28.1 Å². The zero-order chi connectivity index (χ0) is 13.9. The molecule has 114 valence electrons. The highest BCUT2D eigenvalue weighted by Crippen LogP contribution is 2.18. The molecule has 2 rings (SSSR count). The highest BCUT2D eigenvalue weighted by Gasteiger charge is 2.28. The first-order valence-electron chi connectivity index (χ1n) is 6.41. The van der Waals surface area contributed by atoms with Crippen LogP contribution in [0, 0.1) is 0 Å². The molecule has 0 saturated carbocycles. The molecule has 20 heavy (non-hydrogen) atoms. The highest BCUT2D eigenvalue weighted by atomic mass is 79.9. The summed E-state index contributed by atoms with van der Waals surface area (Å²) in [5, 5.41) is 3.16. The first kappa shape index (κ1) is 17.9. The first-order valence-corrected chi connectivity index (χ1v) is 8.81. The third-order valence-corrected chi connectivity index (χ3v) is 5.79. The van der Waals surface area contributed by atoms with Crippen LogP contribution in [0.2, 0.25) is 0 Å². The Labute approximate surface area is 135 Å². The number of hydrogen-bond donors (Lipinski definition) is 1. The van der Waals surface area contributed by atoms with Gasteiger partial charge in [-0.3, -0.25) is 0 Å². The van der Waals surface area contributed by atoms with Gasteiger partial charge in [0.15, 0.2) is 0 Å². The Morgan fingerprint density at radius 2 is 2.00 bits per heavy atom. The molecule has 0 radical (unpaired) electrons. The second kappa shape index (κ2) is 7.75. The Morgan fingerprint density at radius 1 is 1.35 bits per heavy atom. The first-order chi connectivity index (χ1) is 9.01. The van der Waals surface area contributed by atoms with E-state index in [0.29, 0.717) is 13.1 Å². The summed E-state index contributed by atoms with van der Waals surface area (Å²) in [5.41, 5.74) is 0.829. The number of sulfonamides is 1. The van der Waals surface area contributed by atoms with Crippen molar-refractivity contribution in [3.8, 4) is 0 Å². The highest BCUT2D eigenvalue weighted by molar-refractivity contribution is 9.10. The molecule has 7 heteroatoms. The van der Waals surface area contributed by atoms with E-state index in [1.54, 1.807) is 4.31 Å². The molecule has 1 aliphatic heterocycles. The predicted molar refractivity (Wildman–Crippen MR) is 87.7 cm³/mol. The Balaban J connectivity index is 0.00000200. The summed E-state index contributed by atoms with van der Waals surface area (Å²) in [4.78, 5) is 0. The van der Waals surface area contributed by atoms with E-state index in [4.69, 9.17) is 0 Å². The molecule has 1 aromatic carbocycles. The van der Waals surface area contributed by atoms with E-state index in [0.717, 1.165) is 22.9 Å². The quantitative estimate of drug-likeness (QED) is 0.868. The molecule has 0 bridgehead atoms. The Kier molecular flexibility index (Phi) is 6.94. The van der Waals surface area contributed by atoms with Crippen molar-refractivity contribution in [3.05, 3.63) is 34.3 Å². The average Bonchev–Trinajstić information content (AvgIpc) is 2.41. The van der Waals surface area contributed by atoms with Crippen LogP contribution in [0.3, 0.4) is 0 Å². The zero-order valence-electron chi connectivity index (χ0n) is 11.4.